The van der Waals surface area contributed by atoms with E-state index in [2.05, 4.69) is 20.3 Å². The van der Waals surface area contributed by atoms with Crippen LogP contribution in [0.4, 0.5) is 5.82 Å². The predicted octanol–water partition coefficient (Wildman–Crippen LogP) is -0.494. The molecule has 1 aromatic carbocycles. The van der Waals surface area contributed by atoms with E-state index in [0.717, 1.165) is 11.1 Å². The summed E-state index contributed by atoms with van der Waals surface area (Å²) in [6.07, 6.45) is 0.363. The number of hydrogen-bond donors (Lipinski definition) is 4. The van der Waals surface area contributed by atoms with Crippen LogP contribution in [0, 0.1) is 6.92 Å². The molecule has 176 valence electrons. The third-order valence-electron chi connectivity index (χ3n) is 5.81. The first-order valence-electron chi connectivity index (χ1n) is 10.7. The molecule has 11 heteroatoms. The SMILES string of the molecule is Cc1ccc(C[C@H](N)C(=O)N[C@H]2[C@@H](O)[C@H](n3cnc4c(N(C)C)ncnc43)O[C@@H]2CO)cc1. The summed E-state index contributed by atoms with van der Waals surface area (Å²) in [5.41, 5.74) is 9.18. The van der Waals surface area contributed by atoms with Crippen LogP contribution in [0.25, 0.3) is 11.2 Å². The van der Waals surface area contributed by atoms with Gasteiger partial charge in [0.2, 0.25) is 5.91 Å². The van der Waals surface area contributed by atoms with E-state index in [-0.39, 0.29) is 0 Å². The first-order chi connectivity index (χ1) is 15.8. The quantitative estimate of drug-likeness (QED) is 0.370. The average molecular weight is 456 g/mol. The maximum atomic E-state index is 12.8. The van der Waals surface area contributed by atoms with Gasteiger partial charge < -0.3 is 30.9 Å². The van der Waals surface area contributed by atoms with Gasteiger partial charge in [0.15, 0.2) is 23.2 Å². The summed E-state index contributed by atoms with van der Waals surface area (Å²) in [7, 11) is 3.68. The van der Waals surface area contributed by atoms with Crippen LogP contribution in [0.15, 0.2) is 36.9 Å². The van der Waals surface area contributed by atoms with Crippen LogP contribution in [0.3, 0.4) is 0 Å². The van der Waals surface area contributed by atoms with Crippen LogP contribution in [-0.4, -0.2) is 80.6 Å². The van der Waals surface area contributed by atoms with Crippen molar-refractivity contribution in [3.8, 4) is 0 Å². The van der Waals surface area contributed by atoms with Gasteiger partial charge in [0, 0.05) is 14.1 Å². The zero-order valence-corrected chi connectivity index (χ0v) is 18.8. The molecule has 0 radical (unpaired) electrons. The fourth-order valence-corrected chi connectivity index (χ4v) is 4.00. The highest BCUT2D eigenvalue weighted by Gasteiger charge is 2.46. The molecule has 0 aliphatic carbocycles. The molecule has 0 spiro atoms. The smallest absolute Gasteiger partial charge is 0.237 e. The van der Waals surface area contributed by atoms with Gasteiger partial charge in [0.05, 0.1) is 25.0 Å². The number of aliphatic hydroxyl groups excluding tert-OH is 2. The third-order valence-corrected chi connectivity index (χ3v) is 5.81. The molecule has 1 amide bonds. The Morgan fingerprint density at radius 2 is 2.00 bits per heavy atom. The van der Waals surface area contributed by atoms with Crippen LogP contribution >= 0.6 is 0 Å². The molecule has 5 atom stereocenters. The van der Waals surface area contributed by atoms with Crippen LogP contribution in [-0.2, 0) is 16.0 Å². The Morgan fingerprint density at radius 3 is 2.67 bits per heavy atom. The second-order valence-corrected chi connectivity index (χ2v) is 8.48. The number of rotatable bonds is 7. The van der Waals surface area contributed by atoms with E-state index in [4.69, 9.17) is 10.5 Å². The molecule has 11 nitrogen and oxygen atoms in total. The number of nitrogens with two attached hydrogens (primary N) is 1. The van der Waals surface area contributed by atoms with Gasteiger partial charge in [0.1, 0.15) is 18.5 Å². The largest absolute Gasteiger partial charge is 0.394 e. The number of aliphatic hydroxyl groups is 2. The van der Waals surface area contributed by atoms with Crippen molar-refractivity contribution in [2.24, 2.45) is 5.73 Å². The number of fused-ring (bicyclic) bond motifs is 1. The minimum Gasteiger partial charge on any atom is -0.394 e. The molecule has 0 saturated carbocycles. The van der Waals surface area contributed by atoms with Gasteiger partial charge in [-0.25, -0.2) is 15.0 Å². The topological polar surface area (TPSA) is 152 Å². The van der Waals surface area contributed by atoms with Gasteiger partial charge in [-0.2, -0.15) is 0 Å². The van der Waals surface area contributed by atoms with E-state index in [9.17, 15) is 15.0 Å². The fraction of sp³-hybridized carbons (Fsp3) is 0.455. The number of carbonyl (C=O) groups excluding carboxylic acids is 1. The number of carbonyl (C=O) groups is 1. The Labute approximate surface area is 191 Å². The number of amides is 1. The van der Waals surface area contributed by atoms with Crippen molar-refractivity contribution < 1.29 is 19.7 Å². The summed E-state index contributed by atoms with van der Waals surface area (Å²) in [5.74, 6) is 0.187. The van der Waals surface area contributed by atoms with Gasteiger partial charge in [-0.15, -0.1) is 0 Å². The molecule has 33 heavy (non-hydrogen) atoms. The predicted molar refractivity (Wildman–Crippen MR) is 121 cm³/mol. The molecule has 1 fully saturated rings. The van der Waals surface area contributed by atoms with Crippen molar-refractivity contribution in [3.05, 3.63) is 48.0 Å². The minimum absolute atomic E-state index is 0.347. The zero-order chi connectivity index (χ0) is 23.7. The Kier molecular flexibility index (Phi) is 6.56. The number of hydrogen-bond acceptors (Lipinski definition) is 9. The highest BCUT2D eigenvalue weighted by atomic mass is 16.5. The monoisotopic (exact) mass is 455 g/mol. The fourth-order valence-electron chi connectivity index (χ4n) is 4.00. The molecule has 4 rings (SSSR count). The van der Waals surface area contributed by atoms with E-state index < -0.39 is 43.0 Å². The number of ether oxygens (including phenoxy) is 1. The van der Waals surface area contributed by atoms with Crippen LogP contribution in [0.2, 0.25) is 0 Å². The van der Waals surface area contributed by atoms with Crippen LogP contribution in [0.1, 0.15) is 17.4 Å². The molecule has 5 N–H and O–H groups in total. The number of anilines is 1. The molecule has 1 aliphatic heterocycles. The molecular formula is C22H29N7O4. The zero-order valence-electron chi connectivity index (χ0n) is 18.8. The molecule has 0 unspecified atom stereocenters. The van der Waals surface area contributed by atoms with Crippen molar-refractivity contribution in [3.63, 3.8) is 0 Å². The summed E-state index contributed by atoms with van der Waals surface area (Å²) in [4.78, 5) is 27.5. The maximum Gasteiger partial charge on any atom is 0.237 e. The Morgan fingerprint density at radius 1 is 1.27 bits per heavy atom. The van der Waals surface area contributed by atoms with Crippen LogP contribution < -0.4 is 16.0 Å². The molecule has 3 aromatic rings. The first-order valence-corrected chi connectivity index (χ1v) is 10.7. The highest BCUT2D eigenvalue weighted by molar-refractivity contribution is 5.83. The van der Waals surface area contributed by atoms with E-state index in [1.165, 1.54) is 12.7 Å². The van der Waals surface area contributed by atoms with Crippen molar-refractivity contribution >= 4 is 22.9 Å². The van der Waals surface area contributed by atoms with Gasteiger partial charge in [-0.1, -0.05) is 29.8 Å². The lowest BCUT2D eigenvalue weighted by Crippen LogP contribution is -2.53. The van der Waals surface area contributed by atoms with Gasteiger partial charge in [-0.3, -0.25) is 9.36 Å². The van der Waals surface area contributed by atoms with Crippen molar-refractivity contribution in [1.29, 1.82) is 0 Å². The number of nitrogens with zero attached hydrogens (tertiary/aromatic N) is 5. The van der Waals surface area contributed by atoms with Crippen molar-refractivity contribution in [2.45, 2.75) is 43.9 Å². The summed E-state index contributed by atoms with van der Waals surface area (Å²) >= 11 is 0. The number of nitrogens with one attached hydrogen (secondary N) is 1. The number of benzene rings is 1. The Bertz CT molecular complexity index is 1120. The minimum atomic E-state index is -1.16. The molecule has 2 aromatic heterocycles. The normalized spacial score (nSPS) is 23.6. The van der Waals surface area contributed by atoms with Gasteiger partial charge in [0.25, 0.3) is 0 Å². The van der Waals surface area contributed by atoms with E-state index in [1.54, 1.807) is 4.57 Å². The van der Waals surface area contributed by atoms with Crippen LogP contribution in [0.5, 0.6) is 0 Å². The van der Waals surface area contributed by atoms with Crippen molar-refractivity contribution in [1.82, 2.24) is 24.8 Å². The van der Waals surface area contributed by atoms with E-state index in [0.29, 0.717) is 23.4 Å². The van der Waals surface area contributed by atoms with E-state index >= 15 is 0 Å². The molecule has 0 bridgehead atoms. The van der Waals surface area contributed by atoms with Gasteiger partial charge in [-0.05, 0) is 18.9 Å². The molecule has 1 saturated heterocycles. The summed E-state index contributed by atoms with van der Waals surface area (Å²) < 4.78 is 7.47. The molecule has 3 heterocycles. The lowest BCUT2D eigenvalue weighted by Gasteiger charge is -2.23. The summed E-state index contributed by atoms with van der Waals surface area (Å²) in [5, 5.41) is 23.6. The summed E-state index contributed by atoms with van der Waals surface area (Å²) in [6.45, 7) is 1.59. The lowest BCUT2D eigenvalue weighted by atomic mass is 10.0. The first kappa shape index (κ1) is 23.1. The number of imidazole rings is 1. The molecular weight excluding hydrogens is 426 g/mol. The average Bonchev–Trinajstić information content (AvgIpc) is 3.36. The third kappa shape index (κ3) is 4.53. The van der Waals surface area contributed by atoms with Crippen molar-refractivity contribution in [2.75, 3.05) is 25.6 Å². The van der Waals surface area contributed by atoms with E-state index in [1.807, 2.05) is 50.2 Å². The maximum absolute atomic E-state index is 12.8. The number of aromatic nitrogens is 4. The second kappa shape index (κ2) is 9.40. The number of aryl methyl sites for hydroxylation is 1. The lowest BCUT2D eigenvalue weighted by molar-refractivity contribution is -0.124. The summed E-state index contributed by atoms with van der Waals surface area (Å²) in [6, 6.07) is 6.10. The van der Waals surface area contributed by atoms with Gasteiger partial charge >= 0.3 is 0 Å². The highest BCUT2D eigenvalue weighted by Crippen LogP contribution is 2.32. The second-order valence-electron chi connectivity index (χ2n) is 8.48. The molecule has 1 aliphatic rings. The Balaban J connectivity index is 1.51. The standard InChI is InChI=1S/C22H29N7O4/c1-12-4-6-13(7-5-12)8-14(23)21(32)27-16-15(9-30)33-22(18(16)31)29-11-26-17-19(28(2)3)24-10-25-20(17)29/h4-7,10-11,14-16,18,22,30-31H,8-9,23H2,1-3H3,(H,27,32)/t14-,15+,16+,18+,22+/m0/s1. The Hall–Kier alpha value is -3.12.